The van der Waals surface area contributed by atoms with E-state index in [0.29, 0.717) is 32.1 Å². The SMILES string of the molecule is CC/C=C\C/C=C\C/C=C\C/C=C\C/C=C\CCCCCC(=O)OC[C@H](COP(=O)(O)OC[C@@H](O)COP(=O)(O)OC[C@@H](COC(=O)CC/C=C\C/C=C\C/C=C\C/C=C\C/C=C\CCCCC)OC(=O)CCCCCCCCC/C=C\CCCCCC)OC(=O)CCCCCCCCCCCCCCC. The predicted molar refractivity (Wildman–Crippen MR) is 436 cm³/mol. The third-order valence-electron chi connectivity index (χ3n) is 17.1. The highest BCUT2D eigenvalue weighted by atomic mass is 31.2. The lowest BCUT2D eigenvalue weighted by molar-refractivity contribution is -0.161. The van der Waals surface area contributed by atoms with Crippen LogP contribution in [0.4, 0.5) is 0 Å². The minimum absolute atomic E-state index is 0.0353. The van der Waals surface area contributed by atoms with Crippen molar-refractivity contribution in [2.75, 3.05) is 39.6 Å². The van der Waals surface area contributed by atoms with E-state index in [0.717, 1.165) is 154 Å². The number of rotatable bonds is 77. The Hall–Kier alpha value is -4.80. The van der Waals surface area contributed by atoms with Gasteiger partial charge in [-0.25, -0.2) is 9.13 Å². The first-order chi connectivity index (χ1) is 51.7. The van der Waals surface area contributed by atoms with Gasteiger partial charge >= 0.3 is 39.5 Å². The van der Waals surface area contributed by atoms with Crippen LogP contribution >= 0.6 is 15.6 Å². The molecule has 106 heavy (non-hydrogen) atoms. The normalized spacial score (nSPS) is 14.5. The second kappa shape index (κ2) is 78.3. The van der Waals surface area contributed by atoms with E-state index in [1.807, 2.05) is 12.2 Å². The van der Waals surface area contributed by atoms with Crippen LogP contribution in [0.1, 0.15) is 336 Å². The Morgan fingerprint density at radius 1 is 0.274 bits per heavy atom. The topological polar surface area (TPSA) is 237 Å². The van der Waals surface area contributed by atoms with Crippen molar-refractivity contribution in [1.29, 1.82) is 0 Å². The molecule has 608 valence electrons. The number of phosphoric ester groups is 2. The summed E-state index contributed by atoms with van der Waals surface area (Å²) >= 11 is 0. The Labute approximate surface area is 644 Å². The fourth-order valence-electron chi connectivity index (χ4n) is 10.8. The summed E-state index contributed by atoms with van der Waals surface area (Å²) in [6.45, 7) is 4.62. The monoisotopic (exact) mass is 1530 g/mol. The summed E-state index contributed by atoms with van der Waals surface area (Å²) in [6, 6.07) is 0. The van der Waals surface area contributed by atoms with Crippen molar-refractivity contribution in [3.05, 3.63) is 134 Å². The van der Waals surface area contributed by atoms with E-state index in [1.54, 1.807) is 0 Å². The molecule has 3 N–H and O–H groups in total. The molecule has 0 aromatic carbocycles. The third-order valence-corrected chi connectivity index (χ3v) is 19.0. The van der Waals surface area contributed by atoms with Gasteiger partial charge in [0.25, 0.3) is 0 Å². The second-order valence-electron chi connectivity index (χ2n) is 27.3. The number of hydrogen-bond acceptors (Lipinski definition) is 15. The van der Waals surface area contributed by atoms with Gasteiger partial charge < -0.3 is 33.8 Å². The number of hydrogen-bond donors (Lipinski definition) is 3. The average molecular weight is 1530 g/mol. The van der Waals surface area contributed by atoms with Crippen molar-refractivity contribution in [1.82, 2.24) is 0 Å². The first-order valence-electron chi connectivity index (χ1n) is 41.4. The van der Waals surface area contributed by atoms with E-state index in [1.165, 1.54) is 96.3 Å². The Kier molecular flexibility index (Phi) is 74.8. The summed E-state index contributed by atoms with van der Waals surface area (Å²) in [6.07, 6.45) is 88.6. The van der Waals surface area contributed by atoms with Gasteiger partial charge in [-0.3, -0.25) is 37.3 Å². The van der Waals surface area contributed by atoms with E-state index in [2.05, 4.69) is 149 Å². The molecule has 0 fully saturated rings. The zero-order valence-corrected chi connectivity index (χ0v) is 68.4. The van der Waals surface area contributed by atoms with Crippen LogP contribution in [0.3, 0.4) is 0 Å². The molecule has 0 aliphatic rings. The Balaban J connectivity index is 5.43. The average Bonchev–Trinajstić information content (AvgIpc) is 0.901. The molecule has 0 radical (unpaired) electrons. The molecule has 0 aromatic rings. The lowest BCUT2D eigenvalue weighted by atomic mass is 10.0. The number of allylic oxidation sites excluding steroid dienone is 22. The van der Waals surface area contributed by atoms with Crippen LogP contribution in [0.5, 0.6) is 0 Å². The summed E-state index contributed by atoms with van der Waals surface area (Å²) in [5, 5.41) is 10.7. The van der Waals surface area contributed by atoms with Gasteiger partial charge in [0.1, 0.15) is 19.3 Å². The van der Waals surface area contributed by atoms with Crippen LogP contribution in [-0.4, -0.2) is 96.7 Å². The standard InChI is InChI=1S/C87H148O17P2/c1-5-9-13-17-21-25-29-33-36-38-40-42-45-48-51-55-59-63-67-71-84(89)97-77-82(103-86(91)73-69-65-61-57-53-47-32-28-24-20-16-12-8-4)79-101-105(93,94)99-75-81(88)76-100-106(95,96)102-80-83(104-87(92)74-70-66-62-58-54-50-44-35-31-27-23-19-15-11-7-3)78-98-85(90)72-68-64-60-56-52-49-46-43-41-39-37-34-30-26-22-18-14-10-6-2/h9,13,21-22,25-27,31,33-34,36-37,40-43,48-49,51-52,60,64,81-83,88H,5-8,10-12,14-20,23-24,28-30,32,35,38-39,44-47,50,53-59,61-63,65-80H2,1-4H3,(H,93,94)(H,95,96)/b13-9-,25-21-,26-22-,31-27-,36-33-,37-34-,42-40-,43-41-,51-48-,52-49-,64-60-/t81-,82-,83-/m1/s1. The molecule has 2 unspecified atom stereocenters. The van der Waals surface area contributed by atoms with E-state index in [4.69, 9.17) is 37.0 Å². The number of carbonyl (C=O) groups excluding carboxylic acids is 4. The van der Waals surface area contributed by atoms with Gasteiger partial charge in [-0.15, -0.1) is 0 Å². The number of ether oxygens (including phenoxy) is 4. The number of unbranched alkanes of at least 4 members (excludes halogenated alkanes) is 29. The van der Waals surface area contributed by atoms with E-state index in [9.17, 15) is 43.2 Å². The van der Waals surface area contributed by atoms with Crippen molar-refractivity contribution in [2.45, 2.75) is 354 Å². The summed E-state index contributed by atoms with van der Waals surface area (Å²) in [5.74, 6) is -2.30. The smallest absolute Gasteiger partial charge is 0.462 e. The maximum atomic E-state index is 13.1. The van der Waals surface area contributed by atoms with Crippen molar-refractivity contribution >= 4 is 39.5 Å². The third kappa shape index (κ3) is 77.4. The molecule has 0 saturated heterocycles. The molecule has 5 atom stereocenters. The molecule has 0 aliphatic heterocycles. The highest BCUT2D eigenvalue weighted by Crippen LogP contribution is 2.45. The predicted octanol–water partition coefficient (Wildman–Crippen LogP) is 24.4. The van der Waals surface area contributed by atoms with Gasteiger partial charge in [-0.05, 0) is 135 Å². The molecular formula is C87H148O17P2. The quantitative estimate of drug-likeness (QED) is 0.0169. The summed E-state index contributed by atoms with van der Waals surface area (Å²) in [7, 11) is -9.99. The first-order valence-corrected chi connectivity index (χ1v) is 44.4. The molecule has 19 heteroatoms. The van der Waals surface area contributed by atoms with Gasteiger partial charge in [0, 0.05) is 25.7 Å². The Morgan fingerprint density at radius 2 is 0.509 bits per heavy atom. The number of esters is 4. The zero-order chi connectivity index (χ0) is 77.4. The van der Waals surface area contributed by atoms with Crippen LogP contribution in [0.25, 0.3) is 0 Å². The summed E-state index contributed by atoms with van der Waals surface area (Å²) in [5.41, 5.74) is 0. The van der Waals surface area contributed by atoms with Crippen LogP contribution in [0.15, 0.2) is 134 Å². The fourth-order valence-corrected chi connectivity index (χ4v) is 12.4. The van der Waals surface area contributed by atoms with Gasteiger partial charge in [-0.2, -0.15) is 0 Å². The van der Waals surface area contributed by atoms with E-state index < -0.39 is 97.5 Å². The van der Waals surface area contributed by atoms with Crippen molar-refractivity contribution in [3.63, 3.8) is 0 Å². The lowest BCUT2D eigenvalue weighted by Crippen LogP contribution is -2.30. The maximum Gasteiger partial charge on any atom is 0.472 e. The number of phosphoric acid groups is 2. The highest BCUT2D eigenvalue weighted by molar-refractivity contribution is 7.47. The lowest BCUT2D eigenvalue weighted by Gasteiger charge is -2.21. The molecule has 0 saturated carbocycles. The van der Waals surface area contributed by atoms with E-state index >= 15 is 0 Å². The first kappa shape index (κ1) is 101. The molecule has 0 amide bonds. The highest BCUT2D eigenvalue weighted by Gasteiger charge is 2.30. The summed E-state index contributed by atoms with van der Waals surface area (Å²) in [4.78, 5) is 73.1. The molecule has 0 heterocycles. The minimum atomic E-state index is -5.00. The van der Waals surface area contributed by atoms with Crippen molar-refractivity contribution in [3.8, 4) is 0 Å². The zero-order valence-electron chi connectivity index (χ0n) is 66.6. The van der Waals surface area contributed by atoms with Crippen LogP contribution in [-0.2, 0) is 65.4 Å². The van der Waals surface area contributed by atoms with E-state index in [-0.39, 0.29) is 25.7 Å². The minimum Gasteiger partial charge on any atom is -0.462 e. The van der Waals surface area contributed by atoms with Crippen LogP contribution < -0.4 is 0 Å². The second-order valence-corrected chi connectivity index (χ2v) is 30.2. The molecule has 0 aliphatic carbocycles. The number of aliphatic hydroxyl groups excluding tert-OH is 1. The molecule has 0 bridgehead atoms. The molecule has 0 rings (SSSR count). The van der Waals surface area contributed by atoms with Gasteiger partial charge in [-0.1, -0.05) is 309 Å². The summed E-state index contributed by atoms with van der Waals surface area (Å²) < 4.78 is 68.6. The molecular weight excluding hydrogens is 1380 g/mol. The van der Waals surface area contributed by atoms with Gasteiger partial charge in [0.05, 0.1) is 26.4 Å². The van der Waals surface area contributed by atoms with Gasteiger partial charge in [0.15, 0.2) is 12.2 Å². The Bertz CT molecular complexity index is 2530. The Morgan fingerprint density at radius 3 is 0.858 bits per heavy atom. The molecule has 0 aromatic heterocycles. The van der Waals surface area contributed by atoms with Crippen LogP contribution in [0, 0.1) is 0 Å². The number of carbonyl (C=O) groups is 4. The molecule has 17 nitrogen and oxygen atoms in total. The largest absolute Gasteiger partial charge is 0.472 e. The fraction of sp³-hybridized carbons (Fsp3) is 0.701. The maximum absolute atomic E-state index is 13.1. The van der Waals surface area contributed by atoms with Crippen molar-refractivity contribution in [2.24, 2.45) is 0 Å². The molecule has 0 spiro atoms. The van der Waals surface area contributed by atoms with Crippen LogP contribution in [0.2, 0.25) is 0 Å². The number of aliphatic hydroxyl groups is 1. The van der Waals surface area contributed by atoms with Crippen molar-refractivity contribution < 1.29 is 80.2 Å². The van der Waals surface area contributed by atoms with Gasteiger partial charge in [0.2, 0.25) is 0 Å².